The molecule has 1 amide bonds. The first-order chi connectivity index (χ1) is 17.1. The zero-order valence-corrected chi connectivity index (χ0v) is 21.0. The Morgan fingerprint density at radius 1 is 0.914 bits per heavy atom. The van der Waals surface area contributed by atoms with Crippen LogP contribution in [0.15, 0.2) is 60.7 Å². The number of benzene rings is 2. The predicted octanol–water partition coefficient (Wildman–Crippen LogP) is 3.74. The van der Waals surface area contributed by atoms with Gasteiger partial charge in [0.2, 0.25) is 0 Å². The number of rotatable bonds is 7. The minimum absolute atomic E-state index is 0.00271. The molecule has 2 aliphatic rings. The van der Waals surface area contributed by atoms with Crippen LogP contribution in [0.25, 0.3) is 0 Å². The highest BCUT2D eigenvalue weighted by Crippen LogP contribution is 2.27. The van der Waals surface area contributed by atoms with Crippen molar-refractivity contribution in [2.45, 2.75) is 57.3 Å². The number of nitrogens with one attached hydrogen (secondary N) is 1. The summed E-state index contributed by atoms with van der Waals surface area (Å²) >= 11 is 0. The van der Waals surface area contributed by atoms with Crippen LogP contribution >= 0.6 is 0 Å². The van der Waals surface area contributed by atoms with Gasteiger partial charge in [-0.05, 0) is 56.3 Å². The summed E-state index contributed by atoms with van der Waals surface area (Å²) in [6, 6.07) is 22.1. The van der Waals surface area contributed by atoms with E-state index in [0.29, 0.717) is 24.3 Å². The summed E-state index contributed by atoms with van der Waals surface area (Å²) in [5.41, 5.74) is 5.61. The molecule has 3 aromatic rings. The Hall–Kier alpha value is -2.96. The van der Waals surface area contributed by atoms with Gasteiger partial charge in [-0.2, -0.15) is 5.10 Å². The SMILES string of the molecule is CN(C)C(=O)c1nn(Cc2ccccc2)c2c1C[C@@H](NC1CCN(Cc3ccccc3)CC1)CC2. The van der Waals surface area contributed by atoms with Gasteiger partial charge in [0, 0.05) is 44.0 Å². The number of nitrogens with zero attached hydrogens (tertiary/aromatic N) is 4. The lowest BCUT2D eigenvalue weighted by Gasteiger charge is -2.35. The van der Waals surface area contributed by atoms with Crippen molar-refractivity contribution in [3.8, 4) is 0 Å². The molecule has 1 fully saturated rings. The molecule has 1 aliphatic heterocycles. The molecule has 1 atom stereocenters. The lowest BCUT2D eigenvalue weighted by molar-refractivity contribution is 0.0819. The standard InChI is InChI=1S/C29H37N5O/c1-32(2)29(35)28-26-19-25(13-14-27(26)34(31-28)21-23-11-7-4-8-12-23)30-24-15-17-33(18-16-24)20-22-9-5-3-6-10-22/h3-12,24-25,30H,13-21H2,1-2H3/t25-/m0/s1. The maximum Gasteiger partial charge on any atom is 0.274 e. The second-order valence-electron chi connectivity index (χ2n) is 10.3. The number of aromatic nitrogens is 2. The zero-order chi connectivity index (χ0) is 24.2. The van der Waals surface area contributed by atoms with Crippen molar-refractivity contribution >= 4 is 5.91 Å². The molecule has 35 heavy (non-hydrogen) atoms. The largest absolute Gasteiger partial charge is 0.343 e. The first kappa shape index (κ1) is 23.8. The van der Waals surface area contributed by atoms with Crippen LogP contribution < -0.4 is 5.32 Å². The number of fused-ring (bicyclic) bond motifs is 1. The van der Waals surface area contributed by atoms with E-state index < -0.39 is 0 Å². The normalized spacial score (nSPS) is 18.9. The van der Waals surface area contributed by atoms with Crippen molar-refractivity contribution in [1.29, 1.82) is 0 Å². The van der Waals surface area contributed by atoms with E-state index in [2.05, 4.69) is 69.5 Å². The van der Waals surface area contributed by atoms with Crippen molar-refractivity contribution in [1.82, 2.24) is 24.9 Å². The Morgan fingerprint density at radius 2 is 1.54 bits per heavy atom. The summed E-state index contributed by atoms with van der Waals surface area (Å²) in [7, 11) is 3.62. The average molecular weight is 472 g/mol. The molecule has 5 rings (SSSR count). The Morgan fingerprint density at radius 3 is 2.17 bits per heavy atom. The second-order valence-corrected chi connectivity index (χ2v) is 10.3. The predicted molar refractivity (Wildman–Crippen MR) is 139 cm³/mol. The summed E-state index contributed by atoms with van der Waals surface area (Å²) in [5.74, 6) is 0.00271. The fourth-order valence-corrected chi connectivity index (χ4v) is 5.53. The third kappa shape index (κ3) is 5.65. The lowest BCUT2D eigenvalue weighted by Crippen LogP contribution is -2.47. The van der Waals surface area contributed by atoms with Gasteiger partial charge in [-0.1, -0.05) is 60.7 Å². The maximum atomic E-state index is 13.0. The maximum absolute atomic E-state index is 13.0. The van der Waals surface area contributed by atoms with E-state index >= 15 is 0 Å². The zero-order valence-electron chi connectivity index (χ0n) is 21.0. The van der Waals surface area contributed by atoms with E-state index in [-0.39, 0.29) is 5.91 Å². The van der Waals surface area contributed by atoms with Crippen molar-refractivity contribution in [3.05, 3.63) is 88.7 Å². The van der Waals surface area contributed by atoms with Crippen LogP contribution in [0, 0.1) is 0 Å². The Kier molecular flexibility index (Phi) is 7.30. The smallest absolute Gasteiger partial charge is 0.274 e. The molecular weight excluding hydrogens is 434 g/mol. The quantitative estimate of drug-likeness (QED) is 0.570. The number of carbonyl (C=O) groups is 1. The highest BCUT2D eigenvalue weighted by Gasteiger charge is 2.31. The van der Waals surface area contributed by atoms with E-state index in [0.717, 1.165) is 44.5 Å². The molecule has 0 spiro atoms. The van der Waals surface area contributed by atoms with Crippen molar-refractivity contribution in [2.24, 2.45) is 0 Å². The Labute approximate surface area is 208 Å². The van der Waals surface area contributed by atoms with E-state index in [4.69, 9.17) is 5.10 Å². The summed E-state index contributed by atoms with van der Waals surface area (Å²) in [6.07, 6.45) is 5.27. The number of carbonyl (C=O) groups excluding carboxylic acids is 1. The molecule has 184 valence electrons. The van der Waals surface area contributed by atoms with Gasteiger partial charge < -0.3 is 10.2 Å². The van der Waals surface area contributed by atoms with E-state index in [1.807, 2.05) is 20.2 Å². The first-order valence-electron chi connectivity index (χ1n) is 12.9. The molecule has 1 N–H and O–H groups in total. The molecule has 6 nitrogen and oxygen atoms in total. The molecule has 0 radical (unpaired) electrons. The van der Waals surface area contributed by atoms with Crippen LogP contribution in [0.1, 0.15) is 52.1 Å². The minimum Gasteiger partial charge on any atom is -0.343 e. The average Bonchev–Trinajstić information content (AvgIpc) is 3.23. The number of piperidine rings is 1. The van der Waals surface area contributed by atoms with Gasteiger partial charge in [-0.3, -0.25) is 14.4 Å². The summed E-state index contributed by atoms with van der Waals surface area (Å²) in [4.78, 5) is 17.2. The molecule has 0 unspecified atom stereocenters. The highest BCUT2D eigenvalue weighted by atomic mass is 16.2. The van der Waals surface area contributed by atoms with Crippen LogP contribution in [0.2, 0.25) is 0 Å². The molecule has 1 aromatic heterocycles. The van der Waals surface area contributed by atoms with Gasteiger partial charge >= 0.3 is 0 Å². The van der Waals surface area contributed by atoms with Crippen molar-refractivity contribution < 1.29 is 4.79 Å². The number of hydrogen-bond donors (Lipinski definition) is 1. The van der Waals surface area contributed by atoms with Gasteiger partial charge in [0.15, 0.2) is 5.69 Å². The highest BCUT2D eigenvalue weighted by molar-refractivity contribution is 5.93. The van der Waals surface area contributed by atoms with E-state index in [1.165, 1.54) is 29.7 Å². The summed E-state index contributed by atoms with van der Waals surface area (Å²) < 4.78 is 2.07. The number of likely N-dealkylation sites (tertiary alicyclic amines) is 1. The topological polar surface area (TPSA) is 53.4 Å². The molecule has 2 aromatic carbocycles. The van der Waals surface area contributed by atoms with Gasteiger partial charge in [0.1, 0.15) is 0 Å². The third-order valence-electron chi connectivity index (χ3n) is 7.44. The van der Waals surface area contributed by atoms with E-state index in [9.17, 15) is 4.79 Å². The van der Waals surface area contributed by atoms with Crippen LogP contribution in [-0.4, -0.2) is 64.8 Å². The minimum atomic E-state index is 0.00271. The molecule has 1 saturated heterocycles. The molecule has 6 heteroatoms. The first-order valence-corrected chi connectivity index (χ1v) is 12.9. The number of hydrogen-bond acceptors (Lipinski definition) is 4. The van der Waals surface area contributed by atoms with Crippen molar-refractivity contribution in [3.63, 3.8) is 0 Å². The second kappa shape index (κ2) is 10.8. The van der Waals surface area contributed by atoms with E-state index in [1.54, 1.807) is 4.90 Å². The Bertz CT molecular complexity index is 1120. The molecule has 0 bridgehead atoms. The van der Waals surface area contributed by atoms with Gasteiger partial charge in [0.05, 0.1) is 6.54 Å². The van der Waals surface area contributed by atoms with Crippen LogP contribution in [0.5, 0.6) is 0 Å². The Balaban J connectivity index is 1.24. The van der Waals surface area contributed by atoms with Crippen molar-refractivity contribution in [2.75, 3.05) is 27.2 Å². The number of amides is 1. The molecule has 2 heterocycles. The van der Waals surface area contributed by atoms with Crippen LogP contribution in [0.4, 0.5) is 0 Å². The van der Waals surface area contributed by atoms with Crippen LogP contribution in [0.3, 0.4) is 0 Å². The lowest BCUT2D eigenvalue weighted by atomic mass is 9.89. The molecule has 1 aliphatic carbocycles. The monoisotopic (exact) mass is 471 g/mol. The summed E-state index contributed by atoms with van der Waals surface area (Å²) in [5, 5.41) is 8.78. The van der Waals surface area contributed by atoms with Gasteiger partial charge in [-0.15, -0.1) is 0 Å². The molecule has 0 saturated carbocycles. The van der Waals surface area contributed by atoms with Crippen LogP contribution in [-0.2, 0) is 25.9 Å². The third-order valence-corrected chi connectivity index (χ3v) is 7.44. The fourth-order valence-electron chi connectivity index (χ4n) is 5.53. The van der Waals surface area contributed by atoms with Gasteiger partial charge in [-0.25, -0.2) is 0 Å². The van der Waals surface area contributed by atoms with Gasteiger partial charge in [0.25, 0.3) is 5.91 Å². The fraction of sp³-hybridized carbons (Fsp3) is 0.448. The molecular formula is C29H37N5O. The summed E-state index contributed by atoms with van der Waals surface area (Å²) in [6.45, 7) is 4.01.